The summed E-state index contributed by atoms with van der Waals surface area (Å²) in [6.45, 7) is 4.55. The van der Waals surface area contributed by atoms with E-state index in [0.29, 0.717) is 12.0 Å². The van der Waals surface area contributed by atoms with Crippen molar-refractivity contribution in [3.63, 3.8) is 0 Å². The normalized spacial score (nSPS) is 24.8. The summed E-state index contributed by atoms with van der Waals surface area (Å²) in [7, 11) is 3.83. The number of piperidine rings is 1. The van der Waals surface area contributed by atoms with Crippen LogP contribution in [0.2, 0.25) is 0 Å². The second kappa shape index (κ2) is 5.48. The number of nitrogens with one attached hydrogen (secondary N) is 1. The zero-order valence-electron chi connectivity index (χ0n) is 11.4. The van der Waals surface area contributed by atoms with Crippen molar-refractivity contribution in [2.75, 3.05) is 38.3 Å². The van der Waals surface area contributed by atoms with E-state index < -0.39 is 0 Å². The van der Waals surface area contributed by atoms with Crippen molar-refractivity contribution >= 4 is 11.4 Å². The molecule has 2 unspecified atom stereocenters. The van der Waals surface area contributed by atoms with Crippen LogP contribution < -0.4 is 15.8 Å². The number of rotatable bonds is 3. The lowest BCUT2D eigenvalue weighted by atomic mass is 9.94. The Kier molecular flexibility index (Phi) is 3.97. The van der Waals surface area contributed by atoms with Gasteiger partial charge in [0.2, 0.25) is 0 Å². The van der Waals surface area contributed by atoms with Gasteiger partial charge in [0.1, 0.15) is 5.75 Å². The monoisotopic (exact) mass is 249 g/mol. The largest absolute Gasteiger partial charge is 0.497 e. The smallest absolute Gasteiger partial charge is 0.121 e. The van der Waals surface area contributed by atoms with Crippen LogP contribution in [0.25, 0.3) is 0 Å². The minimum absolute atomic E-state index is 0.497. The fraction of sp³-hybridized carbons (Fsp3) is 0.571. The van der Waals surface area contributed by atoms with Gasteiger partial charge in [0.25, 0.3) is 0 Å². The van der Waals surface area contributed by atoms with Gasteiger partial charge in [0.05, 0.1) is 18.5 Å². The maximum absolute atomic E-state index is 6.03. The summed E-state index contributed by atoms with van der Waals surface area (Å²) in [6.07, 6.45) is 1.16. The zero-order valence-corrected chi connectivity index (χ0v) is 11.4. The number of likely N-dealkylation sites (tertiary alicyclic amines) is 1. The van der Waals surface area contributed by atoms with Crippen molar-refractivity contribution in [1.82, 2.24) is 4.90 Å². The van der Waals surface area contributed by atoms with E-state index in [1.165, 1.54) is 0 Å². The first-order chi connectivity index (χ1) is 8.60. The van der Waals surface area contributed by atoms with Crippen LogP contribution in [0.3, 0.4) is 0 Å². The molecule has 0 spiro atoms. The first-order valence-electron chi connectivity index (χ1n) is 6.48. The summed E-state index contributed by atoms with van der Waals surface area (Å²) in [5.74, 6) is 1.43. The lowest BCUT2D eigenvalue weighted by molar-refractivity contribution is 0.206. The third-order valence-corrected chi connectivity index (χ3v) is 3.71. The standard InChI is InChI=1S/C14H23N3O/c1-10-9-17(2)7-6-13(10)16-14-5-4-11(18-3)8-12(14)15/h4-5,8,10,13,16H,6-7,9,15H2,1-3H3. The van der Waals surface area contributed by atoms with Crippen LogP contribution in [-0.4, -0.2) is 38.2 Å². The molecule has 0 radical (unpaired) electrons. The Morgan fingerprint density at radius 1 is 1.44 bits per heavy atom. The molecule has 2 rings (SSSR count). The summed E-state index contributed by atoms with van der Waals surface area (Å²) in [5, 5.41) is 3.56. The molecule has 18 heavy (non-hydrogen) atoms. The molecule has 4 heteroatoms. The molecule has 1 fully saturated rings. The fourth-order valence-electron chi connectivity index (χ4n) is 2.57. The van der Waals surface area contributed by atoms with Gasteiger partial charge in [0, 0.05) is 18.7 Å². The summed E-state index contributed by atoms with van der Waals surface area (Å²) < 4.78 is 5.16. The molecule has 1 aromatic carbocycles. The Labute approximate surface area is 109 Å². The molecule has 0 saturated carbocycles. The van der Waals surface area contributed by atoms with Crippen molar-refractivity contribution in [2.24, 2.45) is 5.92 Å². The molecule has 1 heterocycles. The number of nitrogens with two attached hydrogens (primary N) is 1. The molecule has 100 valence electrons. The third kappa shape index (κ3) is 2.88. The second-order valence-electron chi connectivity index (χ2n) is 5.23. The van der Waals surface area contributed by atoms with Crippen LogP contribution in [0.4, 0.5) is 11.4 Å². The molecule has 2 atom stereocenters. The number of nitrogen functional groups attached to an aromatic ring is 1. The van der Waals surface area contributed by atoms with Gasteiger partial charge in [-0.25, -0.2) is 0 Å². The average Bonchev–Trinajstić information content (AvgIpc) is 2.34. The van der Waals surface area contributed by atoms with E-state index >= 15 is 0 Å². The first kappa shape index (κ1) is 13.0. The predicted octanol–water partition coefficient (Wildman–Crippen LogP) is 2.03. The Hall–Kier alpha value is -1.42. The highest BCUT2D eigenvalue weighted by Gasteiger charge is 2.24. The second-order valence-corrected chi connectivity index (χ2v) is 5.23. The average molecular weight is 249 g/mol. The molecule has 0 aromatic heterocycles. The highest BCUT2D eigenvalue weighted by Crippen LogP contribution is 2.27. The number of ether oxygens (including phenoxy) is 1. The molecule has 0 aliphatic carbocycles. The summed E-state index contributed by atoms with van der Waals surface area (Å²) in [5.41, 5.74) is 7.80. The van der Waals surface area contributed by atoms with E-state index in [0.717, 1.165) is 36.6 Å². The van der Waals surface area contributed by atoms with Crippen molar-refractivity contribution in [3.8, 4) is 5.75 Å². The lowest BCUT2D eigenvalue weighted by Crippen LogP contribution is -2.43. The molecule has 1 aliphatic rings. The van der Waals surface area contributed by atoms with Crippen LogP contribution in [0.1, 0.15) is 13.3 Å². The number of anilines is 2. The van der Waals surface area contributed by atoms with Crippen molar-refractivity contribution < 1.29 is 4.74 Å². The maximum atomic E-state index is 6.03. The van der Waals surface area contributed by atoms with Crippen LogP contribution in [0.5, 0.6) is 5.75 Å². The van der Waals surface area contributed by atoms with E-state index in [4.69, 9.17) is 10.5 Å². The molecular formula is C14H23N3O. The van der Waals surface area contributed by atoms with Gasteiger partial charge in [-0.1, -0.05) is 6.92 Å². The van der Waals surface area contributed by atoms with Crippen molar-refractivity contribution in [1.29, 1.82) is 0 Å². The fourth-order valence-corrected chi connectivity index (χ4v) is 2.57. The Morgan fingerprint density at radius 2 is 2.22 bits per heavy atom. The van der Waals surface area contributed by atoms with Gasteiger partial charge in [0.15, 0.2) is 0 Å². The Balaban J connectivity index is 2.05. The Bertz CT molecular complexity index is 408. The molecular weight excluding hydrogens is 226 g/mol. The van der Waals surface area contributed by atoms with Gasteiger partial charge < -0.3 is 20.7 Å². The minimum atomic E-state index is 0.497. The molecule has 0 amide bonds. The molecule has 4 nitrogen and oxygen atoms in total. The Morgan fingerprint density at radius 3 is 2.83 bits per heavy atom. The lowest BCUT2D eigenvalue weighted by Gasteiger charge is -2.36. The van der Waals surface area contributed by atoms with Crippen molar-refractivity contribution in [2.45, 2.75) is 19.4 Å². The SMILES string of the molecule is COc1ccc(NC2CCN(C)CC2C)c(N)c1. The maximum Gasteiger partial charge on any atom is 0.121 e. The number of benzene rings is 1. The summed E-state index contributed by atoms with van der Waals surface area (Å²) >= 11 is 0. The van der Waals surface area contributed by atoms with Crippen LogP contribution >= 0.6 is 0 Å². The van der Waals surface area contributed by atoms with Gasteiger partial charge in [-0.05, 0) is 38.1 Å². The van der Waals surface area contributed by atoms with Gasteiger partial charge in [-0.3, -0.25) is 0 Å². The summed E-state index contributed by atoms with van der Waals surface area (Å²) in [4.78, 5) is 2.38. The number of hydrogen-bond donors (Lipinski definition) is 2. The van der Waals surface area contributed by atoms with Gasteiger partial charge >= 0.3 is 0 Å². The molecule has 1 aromatic rings. The van der Waals surface area contributed by atoms with Crippen molar-refractivity contribution in [3.05, 3.63) is 18.2 Å². The van der Waals surface area contributed by atoms with E-state index in [1.54, 1.807) is 7.11 Å². The minimum Gasteiger partial charge on any atom is -0.497 e. The van der Waals surface area contributed by atoms with Crippen LogP contribution in [-0.2, 0) is 0 Å². The quantitative estimate of drug-likeness (QED) is 0.805. The number of methoxy groups -OCH3 is 1. The molecule has 3 N–H and O–H groups in total. The number of nitrogens with zero attached hydrogens (tertiary/aromatic N) is 1. The van der Waals surface area contributed by atoms with Gasteiger partial charge in [-0.15, -0.1) is 0 Å². The molecule has 1 saturated heterocycles. The summed E-state index contributed by atoms with van der Waals surface area (Å²) in [6, 6.07) is 6.30. The van der Waals surface area contributed by atoms with Gasteiger partial charge in [-0.2, -0.15) is 0 Å². The highest BCUT2D eigenvalue weighted by molar-refractivity contribution is 5.68. The van der Waals surface area contributed by atoms with E-state index in [-0.39, 0.29) is 0 Å². The zero-order chi connectivity index (χ0) is 13.1. The molecule has 1 aliphatic heterocycles. The van der Waals surface area contributed by atoms with E-state index in [9.17, 15) is 0 Å². The highest BCUT2D eigenvalue weighted by atomic mass is 16.5. The molecule has 0 bridgehead atoms. The predicted molar refractivity (Wildman–Crippen MR) is 76.1 cm³/mol. The number of hydrogen-bond acceptors (Lipinski definition) is 4. The topological polar surface area (TPSA) is 50.5 Å². The van der Waals surface area contributed by atoms with Crippen LogP contribution in [0, 0.1) is 5.92 Å². The van der Waals surface area contributed by atoms with Crippen LogP contribution in [0.15, 0.2) is 18.2 Å². The van der Waals surface area contributed by atoms with E-state index in [1.807, 2.05) is 18.2 Å². The first-order valence-corrected chi connectivity index (χ1v) is 6.48. The third-order valence-electron chi connectivity index (χ3n) is 3.71. The van der Waals surface area contributed by atoms with E-state index in [2.05, 4.69) is 24.2 Å².